The van der Waals surface area contributed by atoms with Crippen molar-refractivity contribution in [3.05, 3.63) is 28.8 Å². The van der Waals surface area contributed by atoms with E-state index in [-0.39, 0.29) is 18.8 Å². The van der Waals surface area contributed by atoms with Crippen molar-refractivity contribution in [3.63, 3.8) is 0 Å². The number of hydrogen-bond donors (Lipinski definition) is 2. The van der Waals surface area contributed by atoms with Crippen molar-refractivity contribution in [3.8, 4) is 0 Å². The van der Waals surface area contributed by atoms with E-state index in [2.05, 4.69) is 4.72 Å². The fourth-order valence-electron chi connectivity index (χ4n) is 1.14. The Labute approximate surface area is 100 Å². The van der Waals surface area contributed by atoms with E-state index >= 15 is 0 Å². The Hall–Kier alpha value is -0.780. The molecule has 4 nitrogen and oxygen atoms in total. The number of aliphatic hydroxyl groups excluding tert-OH is 1. The average molecular weight is 264 g/mol. The van der Waals surface area contributed by atoms with Crippen LogP contribution in [0.4, 0.5) is 5.69 Å². The van der Waals surface area contributed by atoms with Gasteiger partial charge in [-0.2, -0.15) is 0 Å². The Morgan fingerprint density at radius 2 is 2.12 bits per heavy atom. The molecule has 0 saturated carbocycles. The van der Waals surface area contributed by atoms with Crippen molar-refractivity contribution >= 4 is 27.3 Å². The highest BCUT2D eigenvalue weighted by Gasteiger charge is 2.10. The molecule has 1 rings (SSSR count). The van der Waals surface area contributed by atoms with Crippen molar-refractivity contribution in [2.45, 2.75) is 13.3 Å². The van der Waals surface area contributed by atoms with Crippen molar-refractivity contribution in [1.82, 2.24) is 0 Å². The van der Waals surface area contributed by atoms with Crippen LogP contribution in [0.2, 0.25) is 5.02 Å². The summed E-state index contributed by atoms with van der Waals surface area (Å²) in [5.41, 5.74) is 1.33. The van der Waals surface area contributed by atoms with Gasteiger partial charge in [0.2, 0.25) is 10.0 Å². The molecule has 1 aromatic carbocycles. The maximum absolute atomic E-state index is 11.5. The zero-order chi connectivity index (χ0) is 12.2. The topological polar surface area (TPSA) is 66.4 Å². The molecule has 0 heterocycles. The Bertz CT molecular complexity index is 459. The summed E-state index contributed by atoms with van der Waals surface area (Å²) in [5, 5.41) is 9.08. The number of aliphatic hydroxyl groups is 1. The van der Waals surface area contributed by atoms with Crippen molar-refractivity contribution in [2.24, 2.45) is 0 Å². The Morgan fingerprint density at radius 1 is 1.44 bits per heavy atom. The second kappa shape index (κ2) is 5.52. The van der Waals surface area contributed by atoms with E-state index < -0.39 is 10.0 Å². The fraction of sp³-hybridized carbons (Fsp3) is 0.400. The third-order valence-electron chi connectivity index (χ3n) is 2.02. The number of sulfonamides is 1. The van der Waals surface area contributed by atoms with Crippen molar-refractivity contribution < 1.29 is 13.5 Å². The van der Waals surface area contributed by atoms with Crippen LogP contribution < -0.4 is 4.72 Å². The molecule has 0 bridgehead atoms. The lowest BCUT2D eigenvalue weighted by Gasteiger charge is -2.08. The third-order valence-corrected chi connectivity index (χ3v) is 3.80. The Morgan fingerprint density at radius 3 is 2.69 bits per heavy atom. The number of anilines is 1. The molecule has 0 aliphatic heterocycles. The van der Waals surface area contributed by atoms with Crippen LogP contribution in [0.15, 0.2) is 18.2 Å². The monoisotopic (exact) mass is 263 g/mol. The smallest absolute Gasteiger partial charge is 0.232 e. The van der Waals surface area contributed by atoms with Gasteiger partial charge in [-0.3, -0.25) is 4.72 Å². The zero-order valence-corrected chi connectivity index (χ0v) is 10.5. The van der Waals surface area contributed by atoms with Crippen LogP contribution in [-0.4, -0.2) is 25.9 Å². The predicted octanol–water partition coefficient (Wildman–Crippen LogP) is 1.77. The first-order chi connectivity index (χ1) is 7.44. The van der Waals surface area contributed by atoms with Crippen LogP contribution in [0.25, 0.3) is 0 Å². The van der Waals surface area contributed by atoms with Gasteiger partial charge in [0.25, 0.3) is 0 Å². The molecule has 0 aliphatic rings. The second-order valence-electron chi connectivity index (χ2n) is 3.46. The van der Waals surface area contributed by atoms with Gasteiger partial charge in [0, 0.05) is 17.3 Å². The molecule has 0 unspecified atom stereocenters. The maximum atomic E-state index is 11.5. The molecule has 0 amide bonds. The Kier molecular flexibility index (Phi) is 4.58. The van der Waals surface area contributed by atoms with E-state index in [1.54, 1.807) is 18.2 Å². The first-order valence-electron chi connectivity index (χ1n) is 4.82. The number of rotatable bonds is 5. The maximum Gasteiger partial charge on any atom is 0.232 e. The van der Waals surface area contributed by atoms with Gasteiger partial charge < -0.3 is 5.11 Å². The summed E-state index contributed by atoms with van der Waals surface area (Å²) < 4.78 is 25.4. The standard InChI is InChI=1S/C10H14ClNO3S/c1-8-3-4-9(7-10(8)11)12-16(14,15)6-2-5-13/h3-4,7,12-13H,2,5-6H2,1H3. The van der Waals surface area contributed by atoms with E-state index in [1.165, 1.54) is 0 Å². The molecule has 2 N–H and O–H groups in total. The molecule has 0 saturated heterocycles. The highest BCUT2D eigenvalue weighted by molar-refractivity contribution is 7.92. The molecule has 0 fully saturated rings. The summed E-state index contributed by atoms with van der Waals surface area (Å²) in [6.07, 6.45) is 0.217. The van der Waals surface area contributed by atoms with E-state index in [0.29, 0.717) is 10.7 Å². The summed E-state index contributed by atoms with van der Waals surface area (Å²) in [6.45, 7) is 1.70. The normalized spacial score (nSPS) is 11.4. The summed E-state index contributed by atoms with van der Waals surface area (Å²) in [4.78, 5) is 0. The second-order valence-corrected chi connectivity index (χ2v) is 5.71. The minimum absolute atomic E-state index is 0.102. The number of halogens is 1. The largest absolute Gasteiger partial charge is 0.396 e. The van der Waals surface area contributed by atoms with E-state index in [4.69, 9.17) is 16.7 Å². The first-order valence-corrected chi connectivity index (χ1v) is 6.85. The number of aryl methyl sites for hydroxylation is 1. The summed E-state index contributed by atoms with van der Waals surface area (Å²) in [7, 11) is -3.40. The van der Waals surface area contributed by atoms with Gasteiger partial charge in [-0.15, -0.1) is 0 Å². The van der Waals surface area contributed by atoms with Gasteiger partial charge >= 0.3 is 0 Å². The highest BCUT2D eigenvalue weighted by Crippen LogP contribution is 2.20. The molecule has 16 heavy (non-hydrogen) atoms. The van der Waals surface area contributed by atoms with E-state index in [9.17, 15) is 8.42 Å². The highest BCUT2D eigenvalue weighted by atomic mass is 35.5. The third kappa shape index (κ3) is 4.00. The molecule has 0 aromatic heterocycles. The van der Waals surface area contributed by atoms with Gasteiger partial charge in [0.15, 0.2) is 0 Å². The molecular weight excluding hydrogens is 250 g/mol. The summed E-state index contributed by atoms with van der Waals surface area (Å²) in [5.74, 6) is -0.102. The van der Waals surface area contributed by atoms with Crippen LogP contribution in [0.3, 0.4) is 0 Å². The van der Waals surface area contributed by atoms with Gasteiger partial charge in [0.1, 0.15) is 0 Å². The molecule has 0 spiro atoms. The van der Waals surface area contributed by atoms with Crippen LogP contribution in [-0.2, 0) is 10.0 Å². The molecular formula is C10H14ClNO3S. The number of hydrogen-bond acceptors (Lipinski definition) is 3. The van der Waals surface area contributed by atoms with Gasteiger partial charge in [0.05, 0.1) is 5.75 Å². The molecule has 1 aromatic rings. The lowest BCUT2D eigenvalue weighted by molar-refractivity contribution is 0.295. The van der Waals surface area contributed by atoms with Crippen LogP contribution >= 0.6 is 11.6 Å². The van der Waals surface area contributed by atoms with Crippen LogP contribution in [0.5, 0.6) is 0 Å². The molecule has 6 heteroatoms. The van der Waals surface area contributed by atoms with Crippen LogP contribution in [0, 0.1) is 6.92 Å². The zero-order valence-electron chi connectivity index (χ0n) is 8.90. The summed E-state index contributed by atoms with van der Waals surface area (Å²) >= 11 is 5.87. The van der Waals surface area contributed by atoms with Crippen molar-refractivity contribution in [2.75, 3.05) is 17.1 Å². The van der Waals surface area contributed by atoms with Gasteiger partial charge in [-0.25, -0.2) is 8.42 Å². The predicted molar refractivity (Wildman–Crippen MR) is 65.3 cm³/mol. The molecule has 0 atom stereocenters. The average Bonchev–Trinajstić information content (AvgIpc) is 2.20. The minimum Gasteiger partial charge on any atom is -0.396 e. The number of benzene rings is 1. The SMILES string of the molecule is Cc1ccc(NS(=O)(=O)CCCO)cc1Cl. The first kappa shape index (κ1) is 13.3. The van der Waals surface area contributed by atoms with E-state index in [1.807, 2.05) is 6.92 Å². The fourth-order valence-corrected chi connectivity index (χ4v) is 2.42. The minimum atomic E-state index is -3.40. The lowest BCUT2D eigenvalue weighted by atomic mass is 10.2. The van der Waals surface area contributed by atoms with Crippen LogP contribution in [0.1, 0.15) is 12.0 Å². The lowest BCUT2D eigenvalue weighted by Crippen LogP contribution is -2.17. The Balaban J connectivity index is 2.76. The molecule has 90 valence electrons. The van der Waals surface area contributed by atoms with Crippen molar-refractivity contribution in [1.29, 1.82) is 0 Å². The molecule has 0 radical (unpaired) electrons. The molecule has 0 aliphatic carbocycles. The van der Waals surface area contributed by atoms with E-state index in [0.717, 1.165) is 5.56 Å². The summed E-state index contributed by atoms with van der Waals surface area (Å²) in [6, 6.07) is 4.96. The quantitative estimate of drug-likeness (QED) is 0.851. The number of nitrogens with one attached hydrogen (secondary N) is 1. The van der Waals surface area contributed by atoms with Gasteiger partial charge in [-0.05, 0) is 31.0 Å². The van der Waals surface area contributed by atoms with Gasteiger partial charge in [-0.1, -0.05) is 17.7 Å².